The average Bonchev–Trinajstić information content (AvgIpc) is 2.75. The van der Waals surface area contributed by atoms with Crippen LogP contribution in [0.15, 0.2) is 6.20 Å². The lowest BCUT2D eigenvalue weighted by atomic mass is 9.79. The highest BCUT2D eigenvalue weighted by molar-refractivity contribution is 5.31. The van der Waals surface area contributed by atoms with Gasteiger partial charge >= 0.3 is 0 Å². The predicted molar refractivity (Wildman–Crippen MR) is 83.1 cm³/mol. The number of imidazole rings is 1. The van der Waals surface area contributed by atoms with Crippen LogP contribution in [-0.4, -0.2) is 29.3 Å². The largest absolute Gasteiger partial charge is 0.383 e. The molecule has 1 aromatic rings. The van der Waals surface area contributed by atoms with Gasteiger partial charge in [-0.25, -0.2) is 4.98 Å². The second-order valence-corrected chi connectivity index (χ2v) is 6.53. The topological polar surface area (TPSA) is 39.1 Å². The van der Waals surface area contributed by atoms with Crippen molar-refractivity contribution in [3.05, 3.63) is 11.9 Å². The molecule has 1 saturated carbocycles. The maximum atomic E-state index is 5.27. The van der Waals surface area contributed by atoms with Crippen molar-refractivity contribution in [1.82, 2.24) is 9.55 Å². The van der Waals surface area contributed by atoms with Gasteiger partial charge in [-0.05, 0) is 44.9 Å². The van der Waals surface area contributed by atoms with Crippen molar-refractivity contribution in [3.8, 4) is 0 Å². The summed E-state index contributed by atoms with van der Waals surface area (Å²) < 4.78 is 7.48. The van der Waals surface area contributed by atoms with Crippen LogP contribution in [0.1, 0.15) is 51.8 Å². The second-order valence-electron chi connectivity index (χ2n) is 6.53. The summed E-state index contributed by atoms with van der Waals surface area (Å²) >= 11 is 0. The molecule has 1 aromatic heterocycles. The van der Waals surface area contributed by atoms with Crippen LogP contribution in [0.3, 0.4) is 0 Å². The normalized spacial score (nSPS) is 28.4. The van der Waals surface area contributed by atoms with Gasteiger partial charge in [0.2, 0.25) is 5.95 Å². The molecule has 2 rings (SSSR count). The molecule has 0 saturated heterocycles. The van der Waals surface area contributed by atoms with E-state index in [0.717, 1.165) is 23.5 Å². The number of aryl methyl sites for hydroxylation is 1. The van der Waals surface area contributed by atoms with E-state index in [1.165, 1.54) is 19.3 Å². The molecule has 1 aliphatic carbocycles. The van der Waals surface area contributed by atoms with Crippen LogP contribution in [0, 0.1) is 18.8 Å². The van der Waals surface area contributed by atoms with Crippen molar-refractivity contribution < 1.29 is 4.74 Å². The number of rotatable bonds is 5. The van der Waals surface area contributed by atoms with Gasteiger partial charge in [-0.2, -0.15) is 0 Å². The molecular formula is C16H29N3O. The van der Waals surface area contributed by atoms with Crippen LogP contribution >= 0.6 is 0 Å². The molecule has 1 heterocycles. The van der Waals surface area contributed by atoms with Crippen molar-refractivity contribution in [1.29, 1.82) is 0 Å². The Morgan fingerprint density at radius 1 is 1.40 bits per heavy atom. The van der Waals surface area contributed by atoms with Crippen LogP contribution in [0.5, 0.6) is 0 Å². The van der Waals surface area contributed by atoms with E-state index >= 15 is 0 Å². The van der Waals surface area contributed by atoms with E-state index in [1.807, 2.05) is 6.92 Å². The first kappa shape index (κ1) is 15.4. The first-order valence-corrected chi connectivity index (χ1v) is 7.82. The predicted octanol–water partition coefficient (Wildman–Crippen LogP) is 3.64. The Morgan fingerprint density at radius 3 is 2.80 bits per heavy atom. The molecule has 1 N–H and O–H groups in total. The third kappa shape index (κ3) is 3.54. The molecule has 4 unspecified atom stereocenters. The van der Waals surface area contributed by atoms with Crippen molar-refractivity contribution in [2.45, 2.75) is 59.0 Å². The fourth-order valence-corrected chi connectivity index (χ4v) is 3.14. The summed E-state index contributed by atoms with van der Waals surface area (Å²) in [6, 6.07) is 0.861. The van der Waals surface area contributed by atoms with Gasteiger partial charge < -0.3 is 14.6 Å². The monoisotopic (exact) mass is 279 g/mol. The number of hydrogen-bond donors (Lipinski definition) is 1. The molecule has 0 radical (unpaired) electrons. The molecule has 20 heavy (non-hydrogen) atoms. The van der Waals surface area contributed by atoms with Crippen LogP contribution in [-0.2, 0) is 4.74 Å². The molecule has 4 atom stereocenters. The minimum Gasteiger partial charge on any atom is -0.383 e. The number of nitrogens with zero attached hydrogens (tertiary/aromatic N) is 2. The number of aromatic nitrogens is 2. The Balaban J connectivity index is 2.05. The summed E-state index contributed by atoms with van der Waals surface area (Å²) in [7, 11) is 1.75. The van der Waals surface area contributed by atoms with Gasteiger partial charge in [-0.3, -0.25) is 0 Å². The number of anilines is 1. The van der Waals surface area contributed by atoms with Gasteiger partial charge in [0.25, 0.3) is 0 Å². The number of ether oxygens (including phenoxy) is 1. The summed E-state index contributed by atoms with van der Waals surface area (Å²) in [4.78, 5) is 4.65. The summed E-state index contributed by atoms with van der Waals surface area (Å²) in [6.45, 7) is 9.66. The van der Waals surface area contributed by atoms with Gasteiger partial charge in [-0.1, -0.05) is 13.8 Å². The summed E-state index contributed by atoms with van der Waals surface area (Å²) in [5, 5.41) is 3.66. The fourth-order valence-electron chi connectivity index (χ4n) is 3.14. The lowest BCUT2D eigenvalue weighted by molar-refractivity contribution is 0.162. The highest BCUT2D eigenvalue weighted by atomic mass is 16.5. The number of nitrogens with one attached hydrogen (secondary N) is 1. The molecular weight excluding hydrogens is 250 g/mol. The van der Waals surface area contributed by atoms with E-state index in [9.17, 15) is 0 Å². The Morgan fingerprint density at radius 2 is 2.15 bits per heavy atom. The first-order chi connectivity index (χ1) is 9.51. The van der Waals surface area contributed by atoms with E-state index in [1.54, 1.807) is 7.11 Å². The molecule has 4 nitrogen and oxygen atoms in total. The molecule has 0 aliphatic heterocycles. The molecule has 0 spiro atoms. The van der Waals surface area contributed by atoms with Crippen LogP contribution in [0.2, 0.25) is 0 Å². The highest BCUT2D eigenvalue weighted by Crippen LogP contribution is 2.31. The van der Waals surface area contributed by atoms with Crippen LogP contribution < -0.4 is 5.32 Å². The van der Waals surface area contributed by atoms with E-state index in [2.05, 4.69) is 41.8 Å². The zero-order chi connectivity index (χ0) is 14.7. The van der Waals surface area contributed by atoms with Crippen LogP contribution in [0.4, 0.5) is 5.95 Å². The standard InChI is InChI=1S/C16H29N3O/c1-11-6-7-15(8-12(11)2)18-16-17-13(3)9-19(16)14(4)10-20-5/h9,11-12,14-15H,6-8,10H2,1-5H3,(H,17,18). The van der Waals surface area contributed by atoms with E-state index in [0.29, 0.717) is 18.7 Å². The van der Waals surface area contributed by atoms with Gasteiger partial charge in [0.1, 0.15) is 0 Å². The van der Waals surface area contributed by atoms with Gasteiger partial charge in [0.15, 0.2) is 0 Å². The van der Waals surface area contributed by atoms with E-state index in [4.69, 9.17) is 4.74 Å². The maximum Gasteiger partial charge on any atom is 0.203 e. The summed E-state index contributed by atoms with van der Waals surface area (Å²) in [5.74, 6) is 2.64. The molecule has 0 aromatic carbocycles. The van der Waals surface area contributed by atoms with Crippen molar-refractivity contribution in [2.75, 3.05) is 19.0 Å². The molecule has 0 amide bonds. The van der Waals surface area contributed by atoms with E-state index < -0.39 is 0 Å². The van der Waals surface area contributed by atoms with E-state index in [-0.39, 0.29) is 0 Å². The summed E-state index contributed by atoms with van der Waals surface area (Å²) in [5.41, 5.74) is 1.06. The highest BCUT2D eigenvalue weighted by Gasteiger charge is 2.25. The van der Waals surface area contributed by atoms with Gasteiger partial charge in [0, 0.05) is 19.3 Å². The molecule has 0 bridgehead atoms. The lowest BCUT2D eigenvalue weighted by Crippen LogP contribution is -2.31. The minimum absolute atomic E-state index is 0.309. The molecule has 1 fully saturated rings. The van der Waals surface area contributed by atoms with Crippen LogP contribution in [0.25, 0.3) is 0 Å². The zero-order valence-electron chi connectivity index (χ0n) is 13.5. The molecule has 4 heteroatoms. The number of hydrogen-bond acceptors (Lipinski definition) is 3. The maximum absolute atomic E-state index is 5.27. The second kappa shape index (κ2) is 6.61. The number of methoxy groups -OCH3 is 1. The molecule has 1 aliphatic rings. The van der Waals surface area contributed by atoms with Gasteiger partial charge in [0.05, 0.1) is 18.3 Å². The van der Waals surface area contributed by atoms with Gasteiger partial charge in [-0.15, -0.1) is 0 Å². The average molecular weight is 279 g/mol. The van der Waals surface area contributed by atoms with Crippen molar-refractivity contribution >= 4 is 5.95 Å². The minimum atomic E-state index is 0.309. The smallest absolute Gasteiger partial charge is 0.203 e. The first-order valence-electron chi connectivity index (χ1n) is 7.82. The zero-order valence-corrected chi connectivity index (χ0v) is 13.5. The Kier molecular flexibility index (Phi) is 5.08. The van der Waals surface area contributed by atoms with Crippen molar-refractivity contribution in [2.24, 2.45) is 11.8 Å². The summed E-state index contributed by atoms with van der Waals surface area (Å²) in [6.07, 6.45) is 5.91. The Hall–Kier alpha value is -1.03. The Bertz CT molecular complexity index is 429. The third-order valence-electron chi connectivity index (χ3n) is 4.67. The fraction of sp³-hybridized carbons (Fsp3) is 0.812. The third-order valence-corrected chi connectivity index (χ3v) is 4.67. The van der Waals surface area contributed by atoms with Crippen molar-refractivity contribution in [3.63, 3.8) is 0 Å². The molecule has 114 valence electrons. The quantitative estimate of drug-likeness (QED) is 0.894. The SMILES string of the molecule is COCC(C)n1cc(C)nc1NC1CCC(C)C(C)C1. The lowest BCUT2D eigenvalue weighted by Gasteiger charge is -2.33. The Labute approximate surface area is 122 Å².